The predicted molar refractivity (Wildman–Crippen MR) is 67.7 cm³/mol. The van der Waals surface area contributed by atoms with Crippen molar-refractivity contribution in [2.75, 3.05) is 0 Å². The molecule has 1 aromatic carbocycles. The van der Waals surface area contributed by atoms with Crippen LogP contribution in [-0.2, 0) is 6.42 Å². The number of thiocarbonyl (C=S) groups is 1. The topological polar surface area (TPSA) is 17.1 Å². The quantitative estimate of drug-likeness (QED) is 0.438. The normalized spacial score (nSPS) is 9.73. The summed E-state index contributed by atoms with van der Waals surface area (Å²) in [6, 6.07) is 5.69. The van der Waals surface area contributed by atoms with Crippen LogP contribution in [0.3, 0.4) is 0 Å². The lowest BCUT2D eigenvalue weighted by molar-refractivity contribution is 0.112. The molecule has 0 aliphatic rings. The molecule has 0 unspecified atom stereocenters. The van der Waals surface area contributed by atoms with E-state index in [1.54, 1.807) is 0 Å². The molecule has 0 spiro atoms. The highest BCUT2D eigenvalue weighted by Gasteiger charge is 2.05. The Morgan fingerprint density at radius 1 is 1.53 bits per heavy atom. The van der Waals surface area contributed by atoms with Crippen molar-refractivity contribution in [3.8, 4) is 0 Å². The Hall–Kier alpha value is -1.28. The zero-order valence-corrected chi connectivity index (χ0v) is 9.86. The molecular weight excluding hydrogens is 204 g/mol. The van der Waals surface area contributed by atoms with E-state index in [0.29, 0.717) is 6.42 Å². The van der Waals surface area contributed by atoms with E-state index in [9.17, 15) is 4.79 Å². The van der Waals surface area contributed by atoms with Gasteiger partial charge in [-0.1, -0.05) is 37.0 Å². The fraction of sp³-hybridized carbons (Fsp3) is 0.231. The van der Waals surface area contributed by atoms with E-state index in [4.69, 9.17) is 12.2 Å². The molecule has 2 heteroatoms. The van der Waals surface area contributed by atoms with Crippen LogP contribution in [0.1, 0.15) is 28.4 Å². The Morgan fingerprint density at radius 2 is 2.20 bits per heavy atom. The van der Waals surface area contributed by atoms with Crippen LogP contribution in [-0.4, -0.2) is 11.2 Å². The molecule has 0 saturated carbocycles. The highest BCUT2D eigenvalue weighted by Crippen LogP contribution is 2.14. The van der Waals surface area contributed by atoms with Gasteiger partial charge >= 0.3 is 0 Å². The molecule has 78 valence electrons. The Labute approximate surface area is 95.8 Å². The summed E-state index contributed by atoms with van der Waals surface area (Å²) in [6.45, 7) is 7.66. The Bertz CT molecular complexity index is 419. The Balaban J connectivity index is 3.00. The van der Waals surface area contributed by atoms with E-state index < -0.39 is 0 Å². The third-order valence-electron chi connectivity index (χ3n) is 2.44. The first kappa shape index (κ1) is 11.8. The van der Waals surface area contributed by atoms with Crippen molar-refractivity contribution in [1.29, 1.82) is 0 Å². The van der Waals surface area contributed by atoms with Crippen molar-refractivity contribution in [3.05, 3.63) is 47.0 Å². The maximum absolute atomic E-state index is 10.7. The van der Waals surface area contributed by atoms with Crippen LogP contribution in [0.4, 0.5) is 0 Å². The third-order valence-corrected chi connectivity index (χ3v) is 2.93. The van der Waals surface area contributed by atoms with Gasteiger partial charge in [0.25, 0.3) is 0 Å². The number of benzene rings is 1. The number of aldehydes is 1. The van der Waals surface area contributed by atoms with Crippen molar-refractivity contribution in [2.24, 2.45) is 0 Å². The number of carbonyl (C=O) groups excluding carboxylic acids is 1. The molecule has 0 aromatic heterocycles. The maximum Gasteiger partial charge on any atom is 0.150 e. The minimum absolute atomic E-state index is 0.693. The summed E-state index contributed by atoms with van der Waals surface area (Å²) in [7, 11) is 0. The number of carbonyl (C=O) groups is 1. The van der Waals surface area contributed by atoms with Gasteiger partial charge in [-0.15, -0.1) is 0 Å². The summed E-state index contributed by atoms with van der Waals surface area (Å²) in [5.74, 6) is 0. The van der Waals surface area contributed by atoms with E-state index in [1.807, 2.05) is 32.0 Å². The van der Waals surface area contributed by atoms with E-state index in [2.05, 4.69) is 6.58 Å². The summed E-state index contributed by atoms with van der Waals surface area (Å²) < 4.78 is 0. The highest BCUT2D eigenvalue weighted by atomic mass is 32.1. The summed E-state index contributed by atoms with van der Waals surface area (Å²) in [6.07, 6.45) is 1.57. The molecule has 0 aliphatic carbocycles. The summed E-state index contributed by atoms with van der Waals surface area (Å²) in [4.78, 5) is 11.6. The van der Waals surface area contributed by atoms with Crippen LogP contribution in [0.15, 0.2) is 30.4 Å². The predicted octanol–water partition coefficient (Wildman–Crippen LogP) is 3.30. The lowest BCUT2D eigenvalue weighted by Gasteiger charge is -2.08. The number of hydrogen-bond donors (Lipinski definition) is 0. The molecule has 1 rings (SSSR count). The van der Waals surface area contributed by atoms with Crippen LogP contribution < -0.4 is 0 Å². The van der Waals surface area contributed by atoms with Gasteiger partial charge in [-0.2, -0.15) is 0 Å². The smallest absolute Gasteiger partial charge is 0.150 e. The minimum Gasteiger partial charge on any atom is -0.298 e. The summed E-state index contributed by atoms with van der Waals surface area (Å²) >= 11 is 5.21. The minimum atomic E-state index is 0.693. The van der Waals surface area contributed by atoms with Gasteiger partial charge < -0.3 is 0 Å². The van der Waals surface area contributed by atoms with Gasteiger partial charge in [0.2, 0.25) is 0 Å². The Morgan fingerprint density at radius 3 is 2.73 bits per heavy atom. The fourth-order valence-electron chi connectivity index (χ4n) is 1.35. The van der Waals surface area contributed by atoms with Crippen molar-refractivity contribution in [3.63, 3.8) is 0 Å². The Kier molecular flexibility index (Phi) is 3.92. The van der Waals surface area contributed by atoms with Crippen LogP contribution in [0.5, 0.6) is 0 Å². The van der Waals surface area contributed by atoms with E-state index in [-0.39, 0.29) is 0 Å². The zero-order chi connectivity index (χ0) is 11.4. The number of allylic oxidation sites excluding steroid dienone is 1. The summed E-state index contributed by atoms with van der Waals surface area (Å²) in [5.41, 5.74) is 3.77. The lowest BCUT2D eigenvalue weighted by Crippen LogP contribution is -2.03. The van der Waals surface area contributed by atoms with E-state index >= 15 is 0 Å². The molecule has 0 heterocycles. The van der Waals surface area contributed by atoms with Crippen LogP contribution >= 0.6 is 12.2 Å². The average Bonchev–Trinajstić information content (AvgIpc) is 2.21. The second-order valence-corrected chi connectivity index (χ2v) is 4.12. The molecule has 0 radical (unpaired) electrons. The van der Waals surface area contributed by atoms with Gasteiger partial charge in [-0.05, 0) is 30.5 Å². The molecule has 0 aliphatic heterocycles. The zero-order valence-electron chi connectivity index (χ0n) is 9.04. The third kappa shape index (κ3) is 2.83. The molecule has 0 bridgehead atoms. The standard InChI is InChI=1S/C13H14OS/c1-9(2)13(15)7-11-5-4-6-12(8-14)10(11)3/h4-6,8H,1,7H2,2-3H3. The lowest BCUT2D eigenvalue weighted by atomic mass is 9.98. The first-order valence-corrected chi connectivity index (χ1v) is 5.19. The van der Waals surface area contributed by atoms with Gasteiger partial charge in [-0.3, -0.25) is 4.79 Å². The van der Waals surface area contributed by atoms with Crippen molar-refractivity contribution in [1.82, 2.24) is 0 Å². The maximum atomic E-state index is 10.7. The summed E-state index contributed by atoms with van der Waals surface area (Å²) in [5, 5.41) is 0. The molecule has 15 heavy (non-hydrogen) atoms. The van der Waals surface area contributed by atoms with Crippen LogP contribution in [0, 0.1) is 6.92 Å². The second-order valence-electron chi connectivity index (χ2n) is 3.63. The molecule has 0 atom stereocenters. The van der Waals surface area contributed by atoms with Gasteiger partial charge in [0.05, 0.1) is 0 Å². The van der Waals surface area contributed by atoms with Gasteiger partial charge in [0, 0.05) is 16.8 Å². The average molecular weight is 218 g/mol. The van der Waals surface area contributed by atoms with Gasteiger partial charge in [-0.25, -0.2) is 0 Å². The highest BCUT2D eigenvalue weighted by molar-refractivity contribution is 7.80. The SMILES string of the molecule is C=C(C)C(=S)Cc1cccc(C=O)c1C. The molecule has 1 nitrogen and oxygen atoms in total. The van der Waals surface area contributed by atoms with Gasteiger partial charge in [0.15, 0.2) is 0 Å². The first-order chi connectivity index (χ1) is 7.06. The molecule has 0 N–H and O–H groups in total. The van der Waals surface area contributed by atoms with E-state index in [1.165, 1.54) is 0 Å². The van der Waals surface area contributed by atoms with Crippen LogP contribution in [0.2, 0.25) is 0 Å². The molecule has 0 amide bonds. The van der Waals surface area contributed by atoms with Gasteiger partial charge in [0.1, 0.15) is 6.29 Å². The number of rotatable bonds is 4. The first-order valence-electron chi connectivity index (χ1n) is 4.78. The second kappa shape index (κ2) is 4.99. The largest absolute Gasteiger partial charge is 0.298 e. The van der Waals surface area contributed by atoms with Crippen LogP contribution in [0.25, 0.3) is 0 Å². The monoisotopic (exact) mass is 218 g/mol. The van der Waals surface area contributed by atoms with Crippen molar-refractivity contribution in [2.45, 2.75) is 20.3 Å². The molecule has 0 saturated heterocycles. The molecule has 1 aromatic rings. The van der Waals surface area contributed by atoms with Crippen molar-refractivity contribution < 1.29 is 4.79 Å². The molecule has 0 fully saturated rings. The van der Waals surface area contributed by atoms with Crippen molar-refractivity contribution >= 4 is 23.4 Å². The fourth-order valence-corrected chi connectivity index (χ4v) is 1.50. The van der Waals surface area contributed by atoms with E-state index in [0.717, 1.165) is 33.4 Å². The molecular formula is C13H14OS. The number of hydrogen-bond acceptors (Lipinski definition) is 2.